The summed E-state index contributed by atoms with van der Waals surface area (Å²) in [5.74, 6) is 0. The highest BCUT2D eigenvalue weighted by atomic mass is 14.6. The highest BCUT2D eigenvalue weighted by molar-refractivity contribution is 6.21. The summed E-state index contributed by atoms with van der Waals surface area (Å²) in [4.78, 5) is 0. The van der Waals surface area contributed by atoms with Gasteiger partial charge < -0.3 is 0 Å². The molecule has 0 spiro atoms. The summed E-state index contributed by atoms with van der Waals surface area (Å²) in [6.07, 6.45) is 0. The van der Waals surface area contributed by atoms with Crippen molar-refractivity contribution in [3.05, 3.63) is 275 Å². The maximum atomic E-state index is 2.42. The van der Waals surface area contributed by atoms with Gasteiger partial charge in [0, 0.05) is 0 Å². The van der Waals surface area contributed by atoms with E-state index in [4.69, 9.17) is 0 Å². The standard InChI is InChI=1S/C58H38/c1-4-19-39(20-5-1)54-45-26-10-12-28-47(45)55(48-29-13-11-27-46(48)54)40-35-37-43(38-36-40)57(41-21-6-2-7-22-41)51-32-16-17-33-52(51)58(42-23-8-3-9-24-42)50-31-15-14-25-44(50)49-30-18-34-53(57)56(49)58/h1-38H. The van der Waals surface area contributed by atoms with Gasteiger partial charge >= 0.3 is 0 Å². The molecule has 12 rings (SSSR count). The maximum Gasteiger partial charge on any atom is 0.0720 e. The summed E-state index contributed by atoms with van der Waals surface area (Å²) < 4.78 is 0. The first-order chi connectivity index (χ1) is 28.8. The van der Waals surface area contributed by atoms with Gasteiger partial charge in [-0.1, -0.05) is 231 Å². The maximum absolute atomic E-state index is 2.42. The van der Waals surface area contributed by atoms with Crippen molar-refractivity contribution in [3.8, 4) is 33.4 Å². The van der Waals surface area contributed by atoms with E-state index in [-0.39, 0.29) is 0 Å². The smallest absolute Gasteiger partial charge is 0.0622 e. The number of fused-ring (bicyclic) bond motifs is 7. The Morgan fingerprint density at radius 2 is 0.603 bits per heavy atom. The van der Waals surface area contributed by atoms with Crippen LogP contribution < -0.4 is 0 Å². The minimum Gasteiger partial charge on any atom is -0.0622 e. The second-order valence-corrected chi connectivity index (χ2v) is 15.8. The van der Waals surface area contributed by atoms with E-state index < -0.39 is 10.8 Å². The molecule has 10 aromatic carbocycles. The van der Waals surface area contributed by atoms with E-state index in [2.05, 4.69) is 231 Å². The molecule has 58 heavy (non-hydrogen) atoms. The zero-order chi connectivity index (χ0) is 38.3. The Labute approximate surface area is 339 Å². The molecule has 0 bridgehead atoms. The van der Waals surface area contributed by atoms with Crippen molar-refractivity contribution in [2.24, 2.45) is 0 Å². The Balaban J connectivity index is 1.16. The third kappa shape index (κ3) is 4.30. The third-order valence-corrected chi connectivity index (χ3v) is 13.2. The van der Waals surface area contributed by atoms with Crippen LogP contribution in [0.5, 0.6) is 0 Å². The van der Waals surface area contributed by atoms with Crippen LogP contribution in [0.15, 0.2) is 231 Å². The van der Waals surface area contributed by atoms with Crippen LogP contribution in [0.25, 0.3) is 54.9 Å². The molecule has 0 nitrogen and oxygen atoms in total. The van der Waals surface area contributed by atoms with Crippen LogP contribution in [-0.4, -0.2) is 0 Å². The number of rotatable bonds is 5. The summed E-state index contributed by atoms with van der Waals surface area (Å²) in [6, 6.07) is 86.3. The molecule has 0 heteroatoms. The van der Waals surface area contributed by atoms with E-state index in [0.29, 0.717) is 0 Å². The van der Waals surface area contributed by atoms with E-state index >= 15 is 0 Å². The van der Waals surface area contributed by atoms with Gasteiger partial charge in [0.05, 0.1) is 10.8 Å². The lowest BCUT2D eigenvalue weighted by atomic mass is 9.51. The lowest BCUT2D eigenvalue weighted by Crippen LogP contribution is -2.44. The zero-order valence-electron chi connectivity index (χ0n) is 31.9. The molecule has 0 fully saturated rings. The minimum atomic E-state index is -0.580. The molecular formula is C58H38. The average molecular weight is 735 g/mol. The van der Waals surface area contributed by atoms with Gasteiger partial charge in [-0.2, -0.15) is 0 Å². The van der Waals surface area contributed by atoms with E-state index in [1.807, 2.05) is 0 Å². The molecule has 10 aromatic rings. The number of benzene rings is 10. The Morgan fingerprint density at radius 1 is 0.224 bits per heavy atom. The van der Waals surface area contributed by atoms with Gasteiger partial charge in [-0.3, -0.25) is 0 Å². The second-order valence-electron chi connectivity index (χ2n) is 15.8. The van der Waals surface area contributed by atoms with E-state index in [9.17, 15) is 0 Å². The van der Waals surface area contributed by atoms with Crippen molar-refractivity contribution in [3.63, 3.8) is 0 Å². The fourth-order valence-electron chi connectivity index (χ4n) is 11.1. The molecule has 0 N–H and O–H groups in total. The zero-order valence-corrected chi connectivity index (χ0v) is 31.9. The Morgan fingerprint density at radius 3 is 1.17 bits per heavy atom. The number of hydrogen-bond acceptors (Lipinski definition) is 0. The quantitative estimate of drug-likeness (QED) is 0.154. The summed E-state index contributed by atoms with van der Waals surface area (Å²) in [5, 5.41) is 5.06. The summed E-state index contributed by atoms with van der Waals surface area (Å²) in [5.41, 5.74) is 17.2. The fourth-order valence-corrected chi connectivity index (χ4v) is 11.1. The van der Waals surface area contributed by atoms with Crippen LogP contribution in [-0.2, 0) is 10.8 Å². The normalized spacial score (nSPS) is 17.4. The lowest BCUT2D eigenvalue weighted by Gasteiger charge is -2.49. The topological polar surface area (TPSA) is 0 Å². The Hall–Kier alpha value is -7.28. The predicted octanol–water partition coefficient (Wildman–Crippen LogP) is 14.4. The van der Waals surface area contributed by atoms with Crippen LogP contribution in [0, 0.1) is 0 Å². The monoisotopic (exact) mass is 734 g/mol. The molecular weight excluding hydrogens is 697 g/mol. The molecule has 0 saturated heterocycles. The molecule has 2 unspecified atom stereocenters. The molecule has 0 amide bonds. The number of hydrogen-bond donors (Lipinski definition) is 0. The molecule has 2 aliphatic carbocycles. The first-order valence-corrected chi connectivity index (χ1v) is 20.4. The SMILES string of the molecule is c1ccc(-c2c3ccccc3c(-c3ccc(C4(c5ccccc5)c5ccccc5C5(c6ccccc6)c6ccccc6-c6cccc4c65)cc3)c3ccccc23)cc1. The van der Waals surface area contributed by atoms with Crippen molar-refractivity contribution in [2.45, 2.75) is 10.8 Å². The first-order valence-electron chi connectivity index (χ1n) is 20.4. The van der Waals surface area contributed by atoms with Gasteiger partial charge in [-0.15, -0.1) is 0 Å². The lowest BCUT2D eigenvalue weighted by molar-refractivity contribution is 0.627. The average Bonchev–Trinajstić information content (AvgIpc) is 3.61. The van der Waals surface area contributed by atoms with Crippen LogP contribution in [0.4, 0.5) is 0 Å². The molecule has 270 valence electrons. The summed E-state index contributed by atoms with van der Waals surface area (Å²) in [6.45, 7) is 0. The summed E-state index contributed by atoms with van der Waals surface area (Å²) in [7, 11) is 0. The van der Waals surface area contributed by atoms with Gasteiger partial charge in [0.2, 0.25) is 0 Å². The van der Waals surface area contributed by atoms with Crippen molar-refractivity contribution >= 4 is 21.5 Å². The fraction of sp³-hybridized carbons (Fsp3) is 0.0345. The largest absolute Gasteiger partial charge is 0.0720 e. The first kappa shape index (κ1) is 32.9. The van der Waals surface area contributed by atoms with Gasteiger partial charge in [0.15, 0.2) is 0 Å². The van der Waals surface area contributed by atoms with Crippen molar-refractivity contribution in [2.75, 3.05) is 0 Å². The van der Waals surface area contributed by atoms with Crippen LogP contribution in [0.2, 0.25) is 0 Å². The Kier molecular flexibility index (Phi) is 7.16. The van der Waals surface area contributed by atoms with E-state index in [1.54, 1.807) is 0 Å². The Bertz CT molecular complexity index is 3140. The van der Waals surface area contributed by atoms with Crippen LogP contribution >= 0.6 is 0 Å². The molecule has 0 saturated carbocycles. The molecule has 2 aliphatic rings. The van der Waals surface area contributed by atoms with E-state index in [1.165, 1.54) is 99.4 Å². The molecule has 0 heterocycles. The van der Waals surface area contributed by atoms with Gasteiger partial charge in [0.25, 0.3) is 0 Å². The van der Waals surface area contributed by atoms with Crippen LogP contribution in [0.3, 0.4) is 0 Å². The molecule has 0 aliphatic heterocycles. The van der Waals surface area contributed by atoms with Gasteiger partial charge in [-0.05, 0) is 99.4 Å². The van der Waals surface area contributed by atoms with Crippen molar-refractivity contribution in [1.82, 2.24) is 0 Å². The predicted molar refractivity (Wildman–Crippen MR) is 241 cm³/mol. The van der Waals surface area contributed by atoms with Gasteiger partial charge in [-0.25, -0.2) is 0 Å². The van der Waals surface area contributed by atoms with Crippen LogP contribution in [0.1, 0.15) is 44.5 Å². The van der Waals surface area contributed by atoms with E-state index in [0.717, 1.165) is 0 Å². The van der Waals surface area contributed by atoms with Crippen molar-refractivity contribution in [1.29, 1.82) is 0 Å². The molecule has 0 aromatic heterocycles. The van der Waals surface area contributed by atoms with Crippen molar-refractivity contribution < 1.29 is 0 Å². The summed E-state index contributed by atoms with van der Waals surface area (Å²) >= 11 is 0. The highest BCUT2D eigenvalue weighted by Gasteiger charge is 2.57. The second kappa shape index (κ2) is 12.6. The highest BCUT2D eigenvalue weighted by Crippen LogP contribution is 2.65. The molecule has 2 atom stereocenters. The third-order valence-electron chi connectivity index (χ3n) is 13.2. The van der Waals surface area contributed by atoms with Gasteiger partial charge in [0.1, 0.15) is 0 Å². The molecule has 0 radical (unpaired) electrons. The minimum absolute atomic E-state index is 0.461.